The van der Waals surface area contributed by atoms with Gasteiger partial charge < -0.3 is 24.0 Å². The predicted molar refractivity (Wildman–Crippen MR) is 159 cm³/mol. The molecule has 12 heteroatoms. The largest absolute Gasteiger partial charge is 0.491 e. The second-order valence-electron chi connectivity index (χ2n) is 11.2. The number of rotatable bonds is 9. The second-order valence-corrected chi connectivity index (χ2v) is 11.2. The molecule has 10 nitrogen and oxygen atoms in total. The molecule has 2 atom stereocenters. The van der Waals surface area contributed by atoms with Crippen molar-refractivity contribution in [2.45, 2.75) is 25.5 Å². The SMILES string of the molecule is COC(=O)c1ccc(N2CCN(c3ccc(OC[C@H]4CO[C@@](Cn5cncn5)(c5ccc(F)cc5F)C4)c(C)n3)CC2)cc1. The number of aryl methyl sites for hydroxylation is 1. The number of carbonyl (C=O) groups is 1. The van der Waals surface area contributed by atoms with E-state index >= 15 is 0 Å². The molecule has 4 heterocycles. The van der Waals surface area contributed by atoms with Gasteiger partial charge in [0.2, 0.25) is 0 Å². The highest BCUT2D eigenvalue weighted by Crippen LogP contribution is 2.42. The van der Waals surface area contributed by atoms with E-state index < -0.39 is 17.2 Å². The predicted octanol–water partition coefficient (Wildman–Crippen LogP) is 4.38. The molecule has 2 aromatic carbocycles. The molecular formula is C32H34F2N6O4. The highest BCUT2D eigenvalue weighted by atomic mass is 19.1. The van der Waals surface area contributed by atoms with Crippen molar-refractivity contribution in [2.75, 3.05) is 56.3 Å². The molecule has 2 aliphatic heterocycles. The average Bonchev–Trinajstić information content (AvgIpc) is 3.71. The van der Waals surface area contributed by atoms with Crippen LogP contribution in [0.25, 0.3) is 0 Å². The number of anilines is 2. The number of nitrogens with zero attached hydrogens (tertiary/aromatic N) is 6. The van der Waals surface area contributed by atoms with Gasteiger partial charge in [-0.1, -0.05) is 6.07 Å². The number of hydrogen-bond acceptors (Lipinski definition) is 9. The van der Waals surface area contributed by atoms with Gasteiger partial charge in [0.05, 0.1) is 38.1 Å². The molecule has 44 heavy (non-hydrogen) atoms. The van der Waals surface area contributed by atoms with Gasteiger partial charge in [-0.3, -0.25) is 0 Å². The molecular weight excluding hydrogens is 570 g/mol. The number of piperazine rings is 1. The van der Waals surface area contributed by atoms with E-state index in [9.17, 15) is 13.6 Å². The van der Waals surface area contributed by atoms with Gasteiger partial charge in [0.1, 0.15) is 41.5 Å². The summed E-state index contributed by atoms with van der Waals surface area (Å²) in [5.41, 5.74) is 1.64. The molecule has 2 saturated heterocycles. The number of carbonyl (C=O) groups excluding carboxylic acids is 1. The number of ether oxygens (including phenoxy) is 3. The fourth-order valence-corrected chi connectivity index (χ4v) is 5.98. The fraction of sp³-hybridized carbons (Fsp3) is 0.375. The number of methoxy groups -OCH3 is 1. The number of benzene rings is 2. The molecule has 2 aromatic heterocycles. The number of pyridine rings is 1. The van der Waals surface area contributed by atoms with E-state index in [1.54, 1.807) is 23.1 Å². The van der Waals surface area contributed by atoms with E-state index in [-0.39, 0.29) is 24.0 Å². The smallest absolute Gasteiger partial charge is 0.337 e. The van der Waals surface area contributed by atoms with Crippen LogP contribution in [0.3, 0.4) is 0 Å². The Bertz CT molecular complexity index is 1600. The Morgan fingerprint density at radius 3 is 2.50 bits per heavy atom. The summed E-state index contributed by atoms with van der Waals surface area (Å²) in [5.74, 6) is -0.0989. The third kappa shape index (κ3) is 6.21. The molecule has 0 radical (unpaired) electrons. The molecule has 6 rings (SSSR count). The van der Waals surface area contributed by atoms with Gasteiger partial charge in [-0.05, 0) is 55.8 Å². The second kappa shape index (κ2) is 12.6. The van der Waals surface area contributed by atoms with Crippen LogP contribution < -0.4 is 14.5 Å². The van der Waals surface area contributed by atoms with E-state index in [0.717, 1.165) is 49.4 Å². The Balaban J connectivity index is 1.06. The molecule has 0 spiro atoms. The van der Waals surface area contributed by atoms with Crippen molar-refractivity contribution < 1.29 is 27.8 Å². The minimum Gasteiger partial charge on any atom is -0.491 e. The topological polar surface area (TPSA) is 94.8 Å². The Hall–Kier alpha value is -4.58. The van der Waals surface area contributed by atoms with Crippen LogP contribution in [0.5, 0.6) is 5.75 Å². The maximum Gasteiger partial charge on any atom is 0.337 e. The minimum atomic E-state index is -1.03. The lowest BCUT2D eigenvalue weighted by Gasteiger charge is -2.37. The fourth-order valence-electron chi connectivity index (χ4n) is 5.98. The summed E-state index contributed by atoms with van der Waals surface area (Å²) < 4.78 is 47.4. The quantitative estimate of drug-likeness (QED) is 0.258. The van der Waals surface area contributed by atoms with E-state index in [1.807, 2.05) is 31.2 Å². The van der Waals surface area contributed by atoms with Gasteiger partial charge in [0.15, 0.2) is 0 Å². The zero-order chi connectivity index (χ0) is 30.7. The van der Waals surface area contributed by atoms with Crippen molar-refractivity contribution in [3.63, 3.8) is 0 Å². The first-order chi connectivity index (χ1) is 21.3. The van der Waals surface area contributed by atoms with Crippen LogP contribution in [0.1, 0.15) is 28.0 Å². The van der Waals surface area contributed by atoms with E-state index in [2.05, 4.69) is 19.9 Å². The van der Waals surface area contributed by atoms with Gasteiger partial charge >= 0.3 is 5.97 Å². The highest BCUT2D eigenvalue weighted by Gasteiger charge is 2.44. The summed E-state index contributed by atoms with van der Waals surface area (Å²) in [6.45, 7) is 6.13. The van der Waals surface area contributed by atoms with Crippen molar-refractivity contribution in [3.8, 4) is 5.75 Å². The third-order valence-corrected chi connectivity index (χ3v) is 8.27. The zero-order valence-electron chi connectivity index (χ0n) is 24.7. The van der Waals surface area contributed by atoms with Gasteiger partial charge in [-0.25, -0.2) is 28.2 Å². The number of hydrogen-bond donors (Lipinski definition) is 0. The molecule has 0 N–H and O–H groups in total. The average molecular weight is 605 g/mol. The van der Waals surface area contributed by atoms with Crippen LogP contribution in [-0.4, -0.2) is 72.2 Å². The van der Waals surface area contributed by atoms with Crippen LogP contribution in [0, 0.1) is 24.5 Å². The van der Waals surface area contributed by atoms with Crippen molar-refractivity contribution >= 4 is 17.5 Å². The molecule has 2 fully saturated rings. The Labute approximate surface area is 254 Å². The third-order valence-electron chi connectivity index (χ3n) is 8.27. The summed E-state index contributed by atoms with van der Waals surface area (Å²) >= 11 is 0. The summed E-state index contributed by atoms with van der Waals surface area (Å²) in [6.07, 6.45) is 3.43. The number of esters is 1. The van der Waals surface area contributed by atoms with E-state index in [0.29, 0.717) is 30.9 Å². The van der Waals surface area contributed by atoms with Crippen LogP contribution in [0.4, 0.5) is 20.3 Å². The first-order valence-corrected chi connectivity index (χ1v) is 14.5. The van der Waals surface area contributed by atoms with Crippen molar-refractivity contribution in [1.82, 2.24) is 19.7 Å². The monoisotopic (exact) mass is 604 g/mol. The Kier molecular flexibility index (Phi) is 8.42. The lowest BCUT2D eigenvalue weighted by molar-refractivity contribution is -0.0206. The zero-order valence-corrected chi connectivity index (χ0v) is 24.7. The molecule has 2 aliphatic rings. The summed E-state index contributed by atoms with van der Waals surface area (Å²) in [6, 6.07) is 14.9. The van der Waals surface area contributed by atoms with E-state index in [4.69, 9.17) is 19.2 Å². The normalized spacial score (nSPS) is 20.1. The minimum absolute atomic E-state index is 0.0307. The van der Waals surface area contributed by atoms with Crippen LogP contribution in [0.2, 0.25) is 0 Å². The molecule has 0 saturated carbocycles. The van der Waals surface area contributed by atoms with Gasteiger partial charge in [0.25, 0.3) is 0 Å². The Morgan fingerprint density at radius 1 is 1.05 bits per heavy atom. The lowest BCUT2D eigenvalue weighted by Crippen LogP contribution is -2.46. The first kappa shape index (κ1) is 29.5. The standard InChI is InChI=1S/C32H34F2N6O4/c1-22-29(9-10-30(37-22)39-13-11-38(12-14-39)26-6-3-24(4-7-26)31(41)42-2)43-17-23-16-32(44-18-23,19-40-21-35-20-36-40)27-8-5-25(33)15-28(27)34/h3-10,15,20-21,23H,11-14,16-19H2,1-2H3/t23-,32-/m0/s1. The lowest BCUT2D eigenvalue weighted by atomic mass is 9.87. The van der Waals surface area contributed by atoms with Crippen LogP contribution >= 0.6 is 0 Å². The number of aromatic nitrogens is 4. The first-order valence-electron chi connectivity index (χ1n) is 14.5. The maximum absolute atomic E-state index is 14.9. The van der Waals surface area contributed by atoms with Crippen LogP contribution in [0.15, 0.2) is 67.3 Å². The summed E-state index contributed by atoms with van der Waals surface area (Å²) in [7, 11) is 1.38. The van der Waals surface area contributed by atoms with Gasteiger partial charge in [0, 0.05) is 49.4 Å². The van der Waals surface area contributed by atoms with Crippen LogP contribution in [-0.2, 0) is 21.6 Å². The molecule has 230 valence electrons. The van der Waals surface area contributed by atoms with Gasteiger partial charge in [-0.15, -0.1) is 0 Å². The maximum atomic E-state index is 14.9. The summed E-state index contributed by atoms with van der Waals surface area (Å²) in [4.78, 5) is 25.1. The van der Waals surface area contributed by atoms with Crippen molar-refractivity contribution in [2.24, 2.45) is 5.92 Å². The summed E-state index contributed by atoms with van der Waals surface area (Å²) in [5, 5.41) is 4.17. The molecule has 0 amide bonds. The molecule has 0 unspecified atom stereocenters. The number of halogens is 2. The van der Waals surface area contributed by atoms with Crippen molar-refractivity contribution in [3.05, 3.63) is 95.7 Å². The highest BCUT2D eigenvalue weighted by molar-refractivity contribution is 5.89. The Morgan fingerprint density at radius 2 is 1.82 bits per heavy atom. The molecule has 0 aliphatic carbocycles. The molecule has 4 aromatic rings. The van der Waals surface area contributed by atoms with Gasteiger partial charge in [-0.2, -0.15) is 5.10 Å². The molecule has 0 bridgehead atoms. The van der Waals surface area contributed by atoms with E-state index in [1.165, 1.54) is 25.6 Å². The van der Waals surface area contributed by atoms with Crippen molar-refractivity contribution in [1.29, 1.82) is 0 Å².